The normalized spacial score (nSPS) is 10.3. The zero-order valence-corrected chi connectivity index (χ0v) is 8.80. The molecule has 2 rings (SSSR count). The summed E-state index contributed by atoms with van der Waals surface area (Å²) in [4.78, 5) is 14.8. The van der Waals surface area contributed by atoms with Gasteiger partial charge in [-0.3, -0.25) is 9.78 Å². The molecule has 2 aromatic rings. The quantitative estimate of drug-likeness (QED) is 0.852. The van der Waals surface area contributed by atoms with Crippen LogP contribution in [-0.4, -0.2) is 23.2 Å². The van der Waals surface area contributed by atoms with Gasteiger partial charge in [0.1, 0.15) is 5.75 Å². The first-order chi connectivity index (χ1) is 7.69. The van der Waals surface area contributed by atoms with E-state index in [1.54, 1.807) is 19.4 Å². The Bertz CT molecular complexity index is 537. The lowest BCUT2D eigenvalue weighted by Crippen LogP contribution is -1.99. The first-order valence-electron chi connectivity index (χ1n) is 4.83. The summed E-state index contributed by atoms with van der Waals surface area (Å²) in [7, 11) is 1.57. The topological polar surface area (TPSA) is 59.4 Å². The number of pyridine rings is 1. The van der Waals surface area contributed by atoms with Crippen LogP contribution in [0.25, 0.3) is 10.9 Å². The molecule has 0 fully saturated rings. The summed E-state index contributed by atoms with van der Waals surface area (Å²) in [6.07, 6.45) is 1.66. The first kappa shape index (κ1) is 10.4. The molecule has 1 aromatic carbocycles. The highest BCUT2D eigenvalue weighted by Crippen LogP contribution is 2.19. The zero-order chi connectivity index (χ0) is 11.5. The van der Waals surface area contributed by atoms with E-state index in [-0.39, 0.29) is 6.42 Å². The van der Waals surface area contributed by atoms with Crippen LogP contribution in [0.5, 0.6) is 5.75 Å². The number of carboxylic acid groups (broad SMARTS) is 1. The fourth-order valence-electron chi connectivity index (χ4n) is 1.56. The van der Waals surface area contributed by atoms with Crippen LogP contribution in [0, 0.1) is 0 Å². The van der Waals surface area contributed by atoms with Gasteiger partial charge in [-0.2, -0.15) is 0 Å². The molecule has 1 N–H and O–H groups in total. The van der Waals surface area contributed by atoms with Gasteiger partial charge in [0.2, 0.25) is 0 Å². The van der Waals surface area contributed by atoms with Crippen LogP contribution in [0.4, 0.5) is 0 Å². The highest BCUT2D eigenvalue weighted by atomic mass is 16.5. The van der Waals surface area contributed by atoms with Crippen molar-refractivity contribution in [2.24, 2.45) is 0 Å². The van der Waals surface area contributed by atoms with E-state index in [1.165, 1.54) is 0 Å². The molecule has 1 aromatic heterocycles. The lowest BCUT2D eigenvalue weighted by molar-refractivity contribution is -0.136. The van der Waals surface area contributed by atoms with Gasteiger partial charge in [-0.25, -0.2) is 0 Å². The molecule has 0 spiro atoms. The summed E-state index contributed by atoms with van der Waals surface area (Å²) < 4.78 is 5.06. The number of nitrogens with zero attached hydrogens (tertiary/aromatic N) is 1. The minimum absolute atomic E-state index is 0.0210. The molecule has 1 heterocycles. The number of hydrogen-bond acceptors (Lipinski definition) is 3. The fraction of sp³-hybridized carbons (Fsp3) is 0.167. The third kappa shape index (κ3) is 2.11. The summed E-state index contributed by atoms with van der Waals surface area (Å²) in [5, 5.41) is 9.59. The summed E-state index contributed by atoms with van der Waals surface area (Å²) in [5.74, 6) is -0.171. The molecule has 4 nitrogen and oxygen atoms in total. The van der Waals surface area contributed by atoms with E-state index >= 15 is 0 Å². The molecule has 0 bridgehead atoms. The molecule has 0 radical (unpaired) electrons. The number of methoxy groups -OCH3 is 1. The van der Waals surface area contributed by atoms with Crippen molar-refractivity contribution in [1.82, 2.24) is 4.98 Å². The number of aromatic nitrogens is 1. The number of carboxylic acids is 1. The van der Waals surface area contributed by atoms with Crippen molar-refractivity contribution in [3.8, 4) is 5.75 Å². The Morgan fingerprint density at radius 2 is 2.25 bits per heavy atom. The minimum atomic E-state index is -0.838. The van der Waals surface area contributed by atoms with E-state index < -0.39 is 5.97 Å². The Labute approximate surface area is 92.5 Å². The van der Waals surface area contributed by atoms with Gasteiger partial charge in [0.05, 0.1) is 25.2 Å². The molecular formula is C12H11NO3. The van der Waals surface area contributed by atoms with Crippen molar-refractivity contribution >= 4 is 16.9 Å². The largest absolute Gasteiger partial charge is 0.495 e. The maximum atomic E-state index is 10.6. The molecule has 0 aliphatic rings. The maximum Gasteiger partial charge on any atom is 0.307 e. The second-order valence-corrected chi connectivity index (χ2v) is 3.47. The summed E-state index contributed by atoms with van der Waals surface area (Å²) >= 11 is 0. The number of aliphatic carboxylic acids is 1. The fourth-order valence-corrected chi connectivity index (χ4v) is 1.56. The van der Waals surface area contributed by atoms with E-state index in [9.17, 15) is 4.79 Å². The molecule has 0 saturated heterocycles. The van der Waals surface area contributed by atoms with Gasteiger partial charge in [-0.05, 0) is 23.8 Å². The number of carbonyl (C=O) groups is 1. The van der Waals surface area contributed by atoms with E-state index in [0.29, 0.717) is 5.75 Å². The Morgan fingerprint density at radius 1 is 1.44 bits per heavy atom. The second kappa shape index (κ2) is 4.18. The van der Waals surface area contributed by atoms with Crippen molar-refractivity contribution in [2.45, 2.75) is 6.42 Å². The average Bonchev–Trinajstić information content (AvgIpc) is 2.27. The van der Waals surface area contributed by atoms with Crippen LogP contribution in [0.3, 0.4) is 0 Å². The SMILES string of the molecule is COc1cnc2ccc(CC(=O)O)cc2c1. The number of benzene rings is 1. The molecule has 0 saturated carbocycles. The van der Waals surface area contributed by atoms with Crippen molar-refractivity contribution in [3.05, 3.63) is 36.0 Å². The standard InChI is InChI=1S/C12H11NO3/c1-16-10-6-9-4-8(5-12(14)15)2-3-11(9)13-7-10/h2-4,6-7H,5H2,1H3,(H,14,15). The Balaban J connectivity index is 2.46. The van der Waals surface area contributed by atoms with Gasteiger partial charge in [0.15, 0.2) is 0 Å². The Morgan fingerprint density at radius 3 is 2.94 bits per heavy atom. The van der Waals surface area contributed by atoms with Gasteiger partial charge in [-0.1, -0.05) is 6.07 Å². The maximum absolute atomic E-state index is 10.6. The number of ether oxygens (including phenoxy) is 1. The number of fused-ring (bicyclic) bond motifs is 1. The second-order valence-electron chi connectivity index (χ2n) is 3.47. The van der Waals surface area contributed by atoms with Crippen LogP contribution in [0.1, 0.15) is 5.56 Å². The van der Waals surface area contributed by atoms with Crippen LogP contribution in [-0.2, 0) is 11.2 Å². The average molecular weight is 217 g/mol. The van der Waals surface area contributed by atoms with Crippen molar-refractivity contribution in [1.29, 1.82) is 0 Å². The number of rotatable bonds is 3. The third-order valence-corrected chi connectivity index (χ3v) is 2.31. The number of hydrogen-bond donors (Lipinski definition) is 1. The van der Waals surface area contributed by atoms with Gasteiger partial charge in [0.25, 0.3) is 0 Å². The lowest BCUT2D eigenvalue weighted by atomic mass is 10.1. The summed E-state index contributed by atoms with van der Waals surface area (Å²) in [6, 6.07) is 7.25. The van der Waals surface area contributed by atoms with E-state index in [2.05, 4.69) is 4.98 Å². The van der Waals surface area contributed by atoms with Crippen molar-refractivity contribution < 1.29 is 14.6 Å². The molecular weight excluding hydrogens is 206 g/mol. The molecule has 0 unspecified atom stereocenters. The lowest BCUT2D eigenvalue weighted by Gasteiger charge is -2.03. The first-order valence-corrected chi connectivity index (χ1v) is 4.83. The molecule has 0 aliphatic carbocycles. The van der Waals surface area contributed by atoms with Crippen molar-refractivity contribution in [3.63, 3.8) is 0 Å². The third-order valence-electron chi connectivity index (χ3n) is 2.31. The minimum Gasteiger partial charge on any atom is -0.495 e. The molecule has 4 heteroatoms. The monoisotopic (exact) mass is 217 g/mol. The molecule has 16 heavy (non-hydrogen) atoms. The van der Waals surface area contributed by atoms with Gasteiger partial charge in [0, 0.05) is 5.39 Å². The molecule has 0 aliphatic heterocycles. The van der Waals surface area contributed by atoms with Gasteiger partial charge >= 0.3 is 5.97 Å². The van der Waals surface area contributed by atoms with Gasteiger partial charge in [-0.15, -0.1) is 0 Å². The summed E-state index contributed by atoms with van der Waals surface area (Å²) in [6.45, 7) is 0. The zero-order valence-electron chi connectivity index (χ0n) is 8.80. The van der Waals surface area contributed by atoms with Crippen molar-refractivity contribution in [2.75, 3.05) is 7.11 Å². The smallest absolute Gasteiger partial charge is 0.307 e. The molecule has 0 atom stereocenters. The molecule has 82 valence electrons. The van der Waals surface area contributed by atoms with Crippen LogP contribution in [0.2, 0.25) is 0 Å². The van der Waals surface area contributed by atoms with E-state index in [1.807, 2.05) is 18.2 Å². The Kier molecular flexibility index (Phi) is 2.72. The molecule has 0 amide bonds. The Hall–Kier alpha value is -2.10. The predicted octanol–water partition coefficient (Wildman–Crippen LogP) is 1.87. The van der Waals surface area contributed by atoms with E-state index in [0.717, 1.165) is 16.5 Å². The highest BCUT2D eigenvalue weighted by molar-refractivity contribution is 5.82. The predicted molar refractivity (Wildman–Crippen MR) is 59.6 cm³/mol. The highest BCUT2D eigenvalue weighted by Gasteiger charge is 2.03. The van der Waals surface area contributed by atoms with E-state index in [4.69, 9.17) is 9.84 Å². The van der Waals surface area contributed by atoms with Crippen LogP contribution >= 0.6 is 0 Å². The van der Waals surface area contributed by atoms with Gasteiger partial charge < -0.3 is 9.84 Å². The summed E-state index contributed by atoms with van der Waals surface area (Å²) in [5.41, 5.74) is 1.59. The van der Waals surface area contributed by atoms with Crippen LogP contribution < -0.4 is 4.74 Å². The van der Waals surface area contributed by atoms with Crippen LogP contribution in [0.15, 0.2) is 30.5 Å².